The summed E-state index contributed by atoms with van der Waals surface area (Å²) in [6.45, 7) is 8.57. The largest absolute Gasteiger partial charge is 0.478 e. The first-order valence-electron chi connectivity index (χ1n) is 8.84. The van der Waals surface area contributed by atoms with Crippen LogP contribution in [0.4, 0.5) is 0 Å². The Labute approximate surface area is 155 Å². The van der Waals surface area contributed by atoms with Crippen LogP contribution in [0.1, 0.15) is 59.5 Å². The van der Waals surface area contributed by atoms with Gasteiger partial charge in [0, 0.05) is 0 Å². The minimum atomic E-state index is -0.879. The van der Waals surface area contributed by atoms with Crippen molar-refractivity contribution >= 4 is 11.9 Å². The van der Waals surface area contributed by atoms with E-state index in [4.69, 9.17) is 10.2 Å². The van der Waals surface area contributed by atoms with Crippen LogP contribution in [-0.4, -0.2) is 22.2 Å². The molecule has 0 heterocycles. The van der Waals surface area contributed by atoms with Gasteiger partial charge in [-0.3, -0.25) is 0 Å². The van der Waals surface area contributed by atoms with E-state index in [1.165, 1.54) is 5.56 Å². The van der Waals surface area contributed by atoms with Crippen molar-refractivity contribution in [3.63, 3.8) is 0 Å². The monoisotopic (exact) mass is 356 g/mol. The highest BCUT2D eigenvalue weighted by Gasteiger charge is 2.12. The lowest BCUT2D eigenvalue weighted by atomic mass is 9.93. The summed E-state index contributed by atoms with van der Waals surface area (Å²) in [7, 11) is 0. The van der Waals surface area contributed by atoms with E-state index in [0.717, 1.165) is 18.4 Å². The van der Waals surface area contributed by atoms with Crippen LogP contribution >= 0.6 is 0 Å². The Bertz CT molecular complexity index is 718. The van der Waals surface area contributed by atoms with E-state index in [1.54, 1.807) is 36.4 Å². The number of carboxylic acid groups (broad SMARTS) is 2. The van der Waals surface area contributed by atoms with Crippen LogP contribution in [0, 0.1) is 11.8 Å². The molecule has 2 N–H and O–H groups in total. The Kier molecular flexibility index (Phi) is 8.56. The first kappa shape index (κ1) is 21.4. The normalized spacial score (nSPS) is 10.4. The Morgan fingerprint density at radius 2 is 1.38 bits per heavy atom. The second kappa shape index (κ2) is 10.4. The van der Waals surface area contributed by atoms with Gasteiger partial charge in [0.05, 0.1) is 11.1 Å². The highest BCUT2D eigenvalue weighted by atomic mass is 16.4. The molecule has 2 rings (SSSR count). The van der Waals surface area contributed by atoms with Crippen molar-refractivity contribution < 1.29 is 19.8 Å². The van der Waals surface area contributed by atoms with Gasteiger partial charge >= 0.3 is 11.9 Å². The average Bonchev–Trinajstić information content (AvgIpc) is 2.55. The molecule has 4 heteroatoms. The van der Waals surface area contributed by atoms with Crippen LogP contribution in [0.5, 0.6) is 0 Å². The lowest BCUT2D eigenvalue weighted by molar-refractivity contribution is 0.0685. The summed E-state index contributed by atoms with van der Waals surface area (Å²) in [5.41, 5.74) is 2.98. The quantitative estimate of drug-likeness (QED) is 0.749. The first-order valence-corrected chi connectivity index (χ1v) is 8.84. The van der Waals surface area contributed by atoms with Crippen molar-refractivity contribution in [1.29, 1.82) is 0 Å². The molecule has 2 aromatic rings. The third-order valence-corrected chi connectivity index (χ3v) is 3.69. The van der Waals surface area contributed by atoms with E-state index in [0.29, 0.717) is 23.0 Å². The molecular formula is C22H28O4. The van der Waals surface area contributed by atoms with Gasteiger partial charge in [-0.1, -0.05) is 58.0 Å². The molecule has 26 heavy (non-hydrogen) atoms. The lowest BCUT2D eigenvalue weighted by Gasteiger charge is -2.12. The second-order valence-electron chi connectivity index (χ2n) is 7.16. The van der Waals surface area contributed by atoms with Gasteiger partial charge in [-0.25, -0.2) is 9.59 Å². The number of benzene rings is 2. The zero-order valence-electron chi connectivity index (χ0n) is 15.9. The fraction of sp³-hybridized carbons (Fsp3) is 0.364. The molecule has 0 fully saturated rings. The number of carboxylic acids is 2. The van der Waals surface area contributed by atoms with Crippen molar-refractivity contribution in [1.82, 2.24) is 0 Å². The van der Waals surface area contributed by atoms with Gasteiger partial charge in [0.25, 0.3) is 0 Å². The smallest absolute Gasteiger partial charge is 0.335 e. The molecule has 2 aromatic carbocycles. The van der Waals surface area contributed by atoms with Crippen LogP contribution < -0.4 is 0 Å². The predicted molar refractivity (Wildman–Crippen MR) is 104 cm³/mol. The fourth-order valence-corrected chi connectivity index (χ4v) is 2.64. The Hall–Kier alpha value is -2.62. The maximum atomic E-state index is 11.1. The van der Waals surface area contributed by atoms with Gasteiger partial charge in [0.15, 0.2) is 0 Å². The summed E-state index contributed by atoms with van der Waals surface area (Å²) in [6.07, 6.45) is 1.83. The molecule has 0 aliphatic heterocycles. The summed E-state index contributed by atoms with van der Waals surface area (Å²) >= 11 is 0. The molecule has 0 amide bonds. The number of carbonyl (C=O) groups is 2. The minimum Gasteiger partial charge on any atom is -0.478 e. The molecular weight excluding hydrogens is 328 g/mol. The van der Waals surface area contributed by atoms with Crippen LogP contribution in [-0.2, 0) is 12.8 Å². The average molecular weight is 356 g/mol. The van der Waals surface area contributed by atoms with Crippen LogP contribution in [0.3, 0.4) is 0 Å². The van der Waals surface area contributed by atoms with Gasteiger partial charge in [0.2, 0.25) is 0 Å². The number of hydrogen-bond acceptors (Lipinski definition) is 2. The summed E-state index contributed by atoms with van der Waals surface area (Å²) in [6, 6.07) is 14.0. The summed E-state index contributed by atoms with van der Waals surface area (Å²) in [5.74, 6) is -0.632. The third kappa shape index (κ3) is 7.51. The standard InChI is InChI=1S/C15H22O2.C7H6O2/c1-10(2)7-12-5-6-14(15(16)17)13(9-12)8-11(3)4;8-7(9)6-4-2-1-3-5-6/h5-6,9-11H,7-8H2,1-4H3,(H,16,17);1-5H,(H,8,9). The molecule has 0 aliphatic rings. The third-order valence-electron chi connectivity index (χ3n) is 3.69. The van der Waals surface area contributed by atoms with E-state index < -0.39 is 11.9 Å². The molecule has 0 unspecified atom stereocenters. The Balaban J connectivity index is 0.000000314. The summed E-state index contributed by atoms with van der Waals surface area (Å²) in [4.78, 5) is 21.3. The molecule has 140 valence electrons. The molecule has 0 aliphatic carbocycles. The molecule has 0 aromatic heterocycles. The Morgan fingerprint density at radius 3 is 1.81 bits per heavy atom. The van der Waals surface area contributed by atoms with Gasteiger partial charge in [-0.05, 0) is 54.0 Å². The fourth-order valence-electron chi connectivity index (χ4n) is 2.64. The van der Waals surface area contributed by atoms with Crippen LogP contribution in [0.25, 0.3) is 0 Å². The van der Waals surface area contributed by atoms with Gasteiger partial charge in [-0.2, -0.15) is 0 Å². The Morgan fingerprint density at radius 1 is 0.808 bits per heavy atom. The maximum Gasteiger partial charge on any atom is 0.335 e. The lowest BCUT2D eigenvalue weighted by Crippen LogP contribution is -2.07. The molecule has 0 spiro atoms. The zero-order chi connectivity index (χ0) is 19.7. The predicted octanol–water partition coefficient (Wildman–Crippen LogP) is 5.17. The molecule has 0 saturated carbocycles. The van der Waals surface area contributed by atoms with Crippen molar-refractivity contribution in [2.45, 2.75) is 40.5 Å². The van der Waals surface area contributed by atoms with Crippen molar-refractivity contribution in [3.8, 4) is 0 Å². The molecule has 4 nitrogen and oxygen atoms in total. The van der Waals surface area contributed by atoms with Crippen LogP contribution in [0.2, 0.25) is 0 Å². The van der Waals surface area contributed by atoms with Gasteiger partial charge in [-0.15, -0.1) is 0 Å². The van der Waals surface area contributed by atoms with E-state index in [-0.39, 0.29) is 0 Å². The second-order valence-corrected chi connectivity index (χ2v) is 7.16. The molecule has 0 bridgehead atoms. The van der Waals surface area contributed by atoms with Crippen molar-refractivity contribution in [3.05, 3.63) is 70.8 Å². The molecule has 0 radical (unpaired) electrons. The van der Waals surface area contributed by atoms with Gasteiger partial charge in [0.1, 0.15) is 0 Å². The minimum absolute atomic E-state index is 0.331. The topological polar surface area (TPSA) is 74.6 Å². The number of hydrogen-bond donors (Lipinski definition) is 2. The zero-order valence-corrected chi connectivity index (χ0v) is 15.9. The molecule has 0 saturated heterocycles. The number of aromatic carboxylic acids is 2. The van der Waals surface area contributed by atoms with E-state index in [2.05, 4.69) is 33.8 Å². The number of rotatable bonds is 6. The highest BCUT2D eigenvalue weighted by Crippen LogP contribution is 2.18. The SMILES string of the molecule is CC(C)Cc1ccc(C(=O)O)c(CC(C)C)c1.O=C(O)c1ccccc1. The van der Waals surface area contributed by atoms with Crippen molar-refractivity contribution in [2.75, 3.05) is 0 Å². The van der Waals surface area contributed by atoms with E-state index >= 15 is 0 Å². The molecule has 0 atom stereocenters. The summed E-state index contributed by atoms with van der Waals surface area (Å²) in [5, 5.41) is 17.5. The van der Waals surface area contributed by atoms with E-state index in [1.807, 2.05) is 6.07 Å². The first-order chi connectivity index (χ1) is 12.2. The highest BCUT2D eigenvalue weighted by molar-refractivity contribution is 5.89. The maximum absolute atomic E-state index is 11.1. The van der Waals surface area contributed by atoms with Gasteiger partial charge < -0.3 is 10.2 Å². The summed E-state index contributed by atoms with van der Waals surface area (Å²) < 4.78 is 0. The van der Waals surface area contributed by atoms with E-state index in [9.17, 15) is 9.59 Å². The van der Waals surface area contributed by atoms with Crippen LogP contribution in [0.15, 0.2) is 48.5 Å². The van der Waals surface area contributed by atoms with Crippen molar-refractivity contribution in [2.24, 2.45) is 11.8 Å².